The Labute approximate surface area is 186 Å². The predicted molar refractivity (Wildman–Crippen MR) is 118 cm³/mol. The molecule has 1 saturated heterocycles. The third-order valence-electron chi connectivity index (χ3n) is 5.46. The molecule has 1 atom stereocenters. The molecule has 170 valence electrons. The molecule has 0 radical (unpaired) electrons. The Morgan fingerprint density at radius 1 is 0.969 bits per heavy atom. The molecule has 9 heteroatoms. The number of ether oxygens (including phenoxy) is 1. The highest BCUT2D eigenvalue weighted by Gasteiger charge is 2.25. The van der Waals surface area contributed by atoms with Gasteiger partial charge in [0, 0.05) is 38.4 Å². The molecule has 1 aliphatic heterocycles. The van der Waals surface area contributed by atoms with E-state index >= 15 is 0 Å². The molecule has 32 heavy (non-hydrogen) atoms. The maximum atomic E-state index is 13.4. The van der Waals surface area contributed by atoms with Crippen molar-refractivity contribution in [2.75, 3.05) is 52.2 Å². The molecule has 2 aromatic rings. The number of carbonyl (C=O) groups is 3. The highest BCUT2D eigenvalue weighted by Crippen LogP contribution is 2.22. The van der Waals surface area contributed by atoms with E-state index < -0.39 is 17.8 Å². The lowest BCUT2D eigenvalue weighted by atomic mass is 10.0. The van der Waals surface area contributed by atoms with Crippen LogP contribution in [0.25, 0.3) is 0 Å². The number of esters is 1. The summed E-state index contributed by atoms with van der Waals surface area (Å²) in [5.74, 6) is -2.40. The van der Waals surface area contributed by atoms with Crippen molar-refractivity contribution in [2.45, 2.75) is 6.04 Å². The van der Waals surface area contributed by atoms with E-state index in [0.29, 0.717) is 11.3 Å². The molecule has 1 aliphatic rings. The van der Waals surface area contributed by atoms with E-state index in [4.69, 9.17) is 0 Å². The van der Waals surface area contributed by atoms with Gasteiger partial charge in [0.15, 0.2) is 0 Å². The number of nitrogens with zero attached hydrogens (tertiary/aromatic N) is 2. The van der Waals surface area contributed by atoms with Crippen molar-refractivity contribution in [1.29, 1.82) is 0 Å². The summed E-state index contributed by atoms with van der Waals surface area (Å²) < 4.78 is 18.0. The first kappa shape index (κ1) is 23.4. The molecule has 0 aromatic heterocycles. The summed E-state index contributed by atoms with van der Waals surface area (Å²) in [6.45, 7) is 3.57. The maximum Gasteiger partial charge on any atom is 0.337 e. The van der Waals surface area contributed by atoms with E-state index in [0.717, 1.165) is 31.7 Å². The molecule has 0 aliphatic carbocycles. The second-order valence-corrected chi connectivity index (χ2v) is 7.64. The number of carbonyl (C=O) groups excluding carboxylic acids is 3. The minimum atomic E-state index is -0.813. The van der Waals surface area contributed by atoms with Gasteiger partial charge in [-0.25, -0.2) is 9.18 Å². The highest BCUT2D eigenvalue weighted by atomic mass is 19.1. The number of anilines is 1. The lowest BCUT2D eigenvalue weighted by Crippen LogP contribution is -2.49. The van der Waals surface area contributed by atoms with Crippen LogP contribution in [0.5, 0.6) is 0 Å². The molecule has 0 unspecified atom stereocenters. The fourth-order valence-electron chi connectivity index (χ4n) is 3.54. The molecule has 2 amide bonds. The van der Waals surface area contributed by atoms with Crippen LogP contribution in [-0.2, 0) is 14.3 Å². The summed E-state index contributed by atoms with van der Waals surface area (Å²) in [4.78, 5) is 40.6. The molecule has 2 N–H and O–H groups in total. The fraction of sp³-hybridized carbons (Fsp3) is 0.348. The van der Waals surface area contributed by atoms with Crippen molar-refractivity contribution in [1.82, 2.24) is 15.1 Å². The average molecular weight is 442 g/mol. The van der Waals surface area contributed by atoms with Crippen molar-refractivity contribution >= 4 is 23.5 Å². The van der Waals surface area contributed by atoms with Gasteiger partial charge in [0.25, 0.3) is 0 Å². The molecule has 2 aromatic carbocycles. The number of nitrogens with one attached hydrogen (secondary N) is 2. The van der Waals surface area contributed by atoms with Gasteiger partial charge in [-0.3, -0.25) is 14.5 Å². The van der Waals surface area contributed by atoms with Crippen LogP contribution in [0.2, 0.25) is 0 Å². The third kappa shape index (κ3) is 6.12. The number of halogens is 1. The van der Waals surface area contributed by atoms with Gasteiger partial charge in [0.2, 0.25) is 0 Å². The van der Waals surface area contributed by atoms with Crippen molar-refractivity contribution in [3.8, 4) is 0 Å². The predicted octanol–water partition coefficient (Wildman–Crippen LogP) is 1.66. The topological polar surface area (TPSA) is 91.0 Å². The minimum absolute atomic E-state index is 0.180. The zero-order valence-corrected chi connectivity index (χ0v) is 18.1. The van der Waals surface area contributed by atoms with Crippen LogP contribution in [0, 0.1) is 5.82 Å². The molecular weight excluding hydrogens is 415 g/mol. The zero-order chi connectivity index (χ0) is 23.1. The van der Waals surface area contributed by atoms with Gasteiger partial charge < -0.3 is 20.3 Å². The van der Waals surface area contributed by atoms with E-state index in [1.165, 1.54) is 43.5 Å². The Morgan fingerprint density at radius 3 is 2.19 bits per heavy atom. The Morgan fingerprint density at radius 2 is 1.59 bits per heavy atom. The number of amides is 2. The molecule has 0 bridgehead atoms. The number of likely N-dealkylation sites (N-methyl/N-ethyl adjacent to an activating group) is 1. The van der Waals surface area contributed by atoms with E-state index in [-0.39, 0.29) is 18.4 Å². The quantitative estimate of drug-likeness (QED) is 0.522. The van der Waals surface area contributed by atoms with E-state index in [2.05, 4.69) is 25.2 Å². The summed E-state index contributed by atoms with van der Waals surface area (Å²) >= 11 is 0. The number of piperazine rings is 1. The largest absolute Gasteiger partial charge is 0.465 e. The summed E-state index contributed by atoms with van der Waals surface area (Å²) in [7, 11) is 3.33. The number of methoxy groups -OCH3 is 1. The van der Waals surface area contributed by atoms with Crippen molar-refractivity contribution in [2.24, 2.45) is 0 Å². The second kappa shape index (κ2) is 10.8. The lowest BCUT2D eigenvalue weighted by molar-refractivity contribution is -0.136. The Bertz CT molecular complexity index is 941. The maximum absolute atomic E-state index is 13.4. The van der Waals surface area contributed by atoms with Crippen LogP contribution in [0.3, 0.4) is 0 Å². The van der Waals surface area contributed by atoms with Crippen molar-refractivity contribution in [3.05, 3.63) is 65.5 Å². The number of hydrogen-bond acceptors (Lipinski definition) is 6. The van der Waals surface area contributed by atoms with Gasteiger partial charge in [-0.05, 0) is 49.0 Å². The van der Waals surface area contributed by atoms with Gasteiger partial charge in [-0.15, -0.1) is 0 Å². The average Bonchev–Trinajstić information content (AvgIpc) is 2.81. The van der Waals surface area contributed by atoms with Crippen LogP contribution in [0.1, 0.15) is 22.0 Å². The molecule has 0 saturated carbocycles. The zero-order valence-electron chi connectivity index (χ0n) is 18.1. The molecule has 3 rings (SSSR count). The van der Waals surface area contributed by atoms with Crippen LogP contribution in [0.4, 0.5) is 10.1 Å². The first-order chi connectivity index (χ1) is 15.4. The van der Waals surface area contributed by atoms with Crippen LogP contribution in [0.15, 0.2) is 48.5 Å². The highest BCUT2D eigenvalue weighted by molar-refractivity contribution is 6.39. The van der Waals surface area contributed by atoms with E-state index in [1.54, 1.807) is 12.1 Å². The Hall–Kier alpha value is -3.30. The van der Waals surface area contributed by atoms with Crippen LogP contribution >= 0.6 is 0 Å². The van der Waals surface area contributed by atoms with Crippen molar-refractivity contribution < 1.29 is 23.5 Å². The lowest BCUT2D eigenvalue weighted by Gasteiger charge is -2.38. The van der Waals surface area contributed by atoms with Gasteiger partial charge in [-0.1, -0.05) is 12.1 Å². The van der Waals surface area contributed by atoms with Crippen LogP contribution in [-0.4, -0.2) is 74.5 Å². The molecule has 1 heterocycles. The SMILES string of the molecule is COC(=O)c1ccc(NC(=O)C(=O)NC[C@H](c2ccc(F)cc2)N2CCN(C)CC2)cc1. The Kier molecular flexibility index (Phi) is 7.91. The first-order valence-corrected chi connectivity index (χ1v) is 10.3. The monoisotopic (exact) mass is 442 g/mol. The summed E-state index contributed by atoms with van der Waals surface area (Å²) in [5, 5.41) is 5.20. The third-order valence-corrected chi connectivity index (χ3v) is 5.46. The molecule has 1 fully saturated rings. The van der Waals surface area contributed by atoms with Gasteiger partial charge in [0.1, 0.15) is 5.82 Å². The molecule has 0 spiro atoms. The number of benzene rings is 2. The standard InChI is InChI=1S/C23H27FN4O4/c1-27-11-13-28(14-12-27)20(16-3-7-18(24)8-4-16)15-25-21(29)22(30)26-19-9-5-17(6-10-19)23(31)32-2/h3-10,20H,11-15H2,1-2H3,(H,25,29)(H,26,30)/t20-/m1/s1. The minimum Gasteiger partial charge on any atom is -0.465 e. The summed E-state index contributed by atoms with van der Waals surface area (Å²) in [6.07, 6.45) is 0. The molecular formula is C23H27FN4O4. The summed E-state index contributed by atoms with van der Waals surface area (Å²) in [6, 6.07) is 12.0. The number of rotatable bonds is 6. The Balaban J connectivity index is 1.61. The van der Waals surface area contributed by atoms with Gasteiger partial charge in [-0.2, -0.15) is 0 Å². The van der Waals surface area contributed by atoms with Gasteiger partial charge in [0.05, 0.1) is 18.7 Å². The number of hydrogen-bond donors (Lipinski definition) is 2. The normalized spacial score (nSPS) is 15.6. The molecule has 8 nitrogen and oxygen atoms in total. The van der Waals surface area contributed by atoms with E-state index in [9.17, 15) is 18.8 Å². The first-order valence-electron chi connectivity index (χ1n) is 10.3. The fourth-order valence-corrected chi connectivity index (χ4v) is 3.54. The second-order valence-electron chi connectivity index (χ2n) is 7.64. The van der Waals surface area contributed by atoms with Gasteiger partial charge >= 0.3 is 17.8 Å². The van der Waals surface area contributed by atoms with Crippen LogP contribution < -0.4 is 10.6 Å². The smallest absolute Gasteiger partial charge is 0.337 e. The summed E-state index contributed by atoms with van der Waals surface area (Å²) in [5.41, 5.74) is 1.59. The van der Waals surface area contributed by atoms with Crippen molar-refractivity contribution in [3.63, 3.8) is 0 Å². The van der Waals surface area contributed by atoms with E-state index in [1.807, 2.05) is 7.05 Å².